The molecule has 0 aliphatic rings. The number of aromatic nitrogens is 2. The van der Waals surface area contributed by atoms with E-state index in [4.69, 9.17) is 9.26 Å². The lowest BCUT2D eigenvalue weighted by Gasteiger charge is -2.10. The minimum absolute atomic E-state index is 0.212. The number of Topliss-reactive ketones (excluding diaryl/α,β-unsaturated/α-hetero) is 1. The van der Waals surface area contributed by atoms with Gasteiger partial charge in [-0.1, -0.05) is 47.6 Å². The molecular weight excluding hydrogens is 435 g/mol. The Hall–Kier alpha value is -4.00. The van der Waals surface area contributed by atoms with Gasteiger partial charge in [0.1, 0.15) is 22.8 Å². The second-order valence-electron chi connectivity index (χ2n) is 8.14. The third-order valence-corrected chi connectivity index (χ3v) is 5.86. The predicted octanol–water partition coefficient (Wildman–Crippen LogP) is 5.49. The molecule has 0 atom stereocenters. The zero-order chi connectivity index (χ0) is 24.2. The van der Waals surface area contributed by atoms with Gasteiger partial charge in [-0.3, -0.25) is 4.79 Å². The summed E-state index contributed by atoms with van der Waals surface area (Å²) in [5.41, 5.74) is 4.56. The molecule has 0 radical (unpaired) electrons. The van der Waals surface area contributed by atoms with Crippen molar-refractivity contribution in [1.82, 2.24) is 9.72 Å². The molecule has 0 amide bonds. The summed E-state index contributed by atoms with van der Waals surface area (Å²) in [4.78, 5) is 25.7. The number of nitrogens with zero attached hydrogens (tertiary/aromatic N) is 2. The van der Waals surface area contributed by atoms with Gasteiger partial charge in [-0.15, -0.1) is 0 Å². The van der Waals surface area contributed by atoms with E-state index in [1.807, 2.05) is 48.7 Å². The molecule has 2 aromatic heterocycles. The number of benzene rings is 2. The van der Waals surface area contributed by atoms with Crippen molar-refractivity contribution in [3.8, 4) is 11.3 Å². The topological polar surface area (TPSA) is 74.3 Å². The van der Waals surface area contributed by atoms with Crippen molar-refractivity contribution in [2.45, 2.75) is 33.7 Å². The van der Waals surface area contributed by atoms with Crippen LogP contribution >= 0.6 is 0 Å². The molecule has 0 saturated heterocycles. The Bertz CT molecular complexity index is 1320. The van der Waals surface area contributed by atoms with E-state index >= 15 is 0 Å². The van der Waals surface area contributed by atoms with Gasteiger partial charge in [0.15, 0.2) is 6.61 Å². The zero-order valence-electron chi connectivity index (χ0n) is 19.3. The van der Waals surface area contributed by atoms with Gasteiger partial charge in [0, 0.05) is 29.1 Å². The number of hydrogen-bond acceptors (Lipinski definition) is 5. The molecule has 0 saturated carbocycles. The Balaban J connectivity index is 1.44. The maximum atomic E-state index is 13.1. The van der Waals surface area contributed by atoms with Crippen molar-refractivity contribution in [3.05, 3.63) is 100 Å². The highest BCUT2D eigenvalue weighted by atomic mass is 19.1. The highest BCUT2D eigenvalue weighted by Gasteiger charge is 2.24. The Labute approximate surface area is 197 Å². The molecule has 6 nitrogen and oxygen atoms in total. The number of carbonyl (C=O) groups excluding carboxylic acids is 2. The van der Waals surface area contributed by atoms with Gasteiger partial charge in [0.2, 0.25) is 5.78 Å². The van der Waals surface area contributed by atoms with Crippen LogP contribution in [-0.4, -0.2) is 28.1 Å². The third kappa shape index (κ3) is 4.83. The van der Waals surface area contributed by atoms with Crippen LogP contribution in [0.5, 0.6) is 0 Å². The number of rotatable bonds is 8. The third-order valence-electron chi connectivity index (χ3n) is 5.86. The molecule has 0 bridgehead atoms. The van der Waals surface area contributed by atoms with Crippen molar-refractivity contribution in [2.75, 3.05) is 6.61 Å². The van der Waals surface area contributed by atoms with Crippen molar-refractivity contribution < 1.29 is 23.2 Å². The molecule has 174 valence electrons. The molecule has 4 aromatic rings. The summed E-state index contributed by atoms with van der Waals surface area (Å²) in [5, 5.41) is 3.99. The van der Waals surface area contributed by atoms with Crippen LogP contribution in [0.25, 0.3) is 11.3 Å². The van der Waals surface area contributed by atoms with E-state index in [1.165, 1.54) is 12.1 Å². The summed E-state index contributed by atoms with van der Waals surface area (Å²) < 4.78 is 25.7. The molecule has 2 aromatic carbocycles. The SMILES string of the molecule is Cc1onc(-c2ccccc2)c1C(=O)OCC(=O)c1cc(C)n(CCc2ccc(F)cc2)c1C. The highest BCUT2D eigenvalue weighted by molar-refractivity contribution is 6.02. The monoisotopic (exact) mass is 460 g/mol. The summed E-state index contributed by atoms with van der Waals surface area (Å²) in [6.45, 7) is 5.68. The molecule has 0 spiro atoms. The highest BCUT2D eigenvalue weighted by Crippen LogP contribution is 2.26. The fraction of sp³-hybridized carbons (Fsp3) is 0.222. The Kier molecular flexibility index (Phi) is 6.72. The predicted molar refractivity (Wildman–Crippen MR) is 125 cm³/mol. The Morgan fingerprint density at radius 1 is 1.03 bits per heavy atom. The molecule has 7 heteroatoms. The van der Waals surface area contributed by atoms with Gasteiger partial charge >= 0.3 is 5.97 Å². The van der Waals surface area contributed by atoms with Gasteiger partial charge < -0.3 is 13.8 Å². The maximum absolute atomic E-state index is 13.1. The summed E-state index contributed by atoms with van der Waals surface area (Å²) in [7, 11) is 0. The molecule has 2 heterocycles. The second kappa shape index (κ2) is 9.87. The van der Waals surface area contributed by atoms with Crippen molar-refractivity contribution in [1.29, 1.82) is 0 Å². The van der Waals surface area contributed by atoms with Crippen molar-refractivity contribution in [3.63, 3.8) is 0 Å². The van der Waals surface area contributed by atoms with Crippen LogP contribution in [0.1, 0.15) is 43.4 Å². The normalized spacial score (nSPS) is 10.9. The summed E-state index contributed by atoms with van der Waals surface area (Å²) in [6, 6.07) is 17.4. The van der Waals surface area contributed by atoms with E-state index in [0.717, 1.165) is 22.5 Å². The number of carbonyl (C=O) groups is 2. The average Bonchev–Trinajstić information content (AvgIpc) is 3.36. The lowest BCUT2D eigenvalue weighted by molar-refractivity contribution is 0.0473. The van der Waals surface area contributed by atoms with Crippen LogP contribution in [0, 0.1) is 26.6 Å². The molecule has 0 aliphatic heterocycles. The van der Waals surface area contributed by atoms with E-state index < -0.39 is 5.97 Å². The summed E-state index contributed by atoms with van der Waals surface area (Å²) >= 11 is 0. The standard InChI is InChI=1S/C27H25FN2O4/c1-17-15-23(18(2)30(17)14-13-20-9-11-22(28)12-10-20)24(31)16-33-27(32)25-19(3)34-29-26(25)21-7-5-4-6-8-21/h4-12,15H,13-14,16H2,1-3H3. The van der Waals surface area contributed by atoms with Crippen LogP contribution in [0.2, 0.25) is 0 Å². The number of hydrogen-bond donors (Lipinski definition) is 0. The summed E-state index contributed by atoms with van der Waals surface area (Å²) in [5.74, 6) is -0.881. The number of ether oxygens (including phenoxy) is 1. The largest absolute Gasteiger partial charge is 0.454 e. The minimum atomic E-state index is -0.656. The fourth-order valence-electron chi connectivity index (χ4n) is 4.01. The van der Waals surface area contributed by atoms with Gasteiger partial charge in [-0.2, -0.15) is 0 Å². The fourth-order valence-corrected chi connectivity index (χ4v) is 4.01. The van der Waals surface area contributed by atoms with Crippen LogP contribution in [0.15, 0.2) is 65.2 Å². The second-order valence-corrected chi connectivity index (χ2v) is 8.14. The van der Waals surface area contributed by atoms with Gasteiger partial charge in [-0.25, -0.2) is 9.18 Å². The first-order valence-electron chi connectivity index (χ1n) is 11.0. The number of aryl methyl sites for hydroxylation is 3. The quantitative estimate of drug-likeness (QED) is 0.257. The summed E-state index contributed by atoms with van der Waals surface area (Å²) in [6.07, 6.45) is 0.703. The van der Waals surface area contributed by atoms with Crippen LogP contribution in [0.4, 0.5) is 4.39 Å². The Morgan fingerprint density at radius 3 is 2.44 bits per heavy atom. The average molecular weight is 461 g/mol. The van der Waals surface area contributed by atoms with Gasteiger partial charge in [-0.05, 0) is 51.0 Å². The van der Waals surface area contributed by atoms with E-state index in [0.29, 0.717) is 30.0 Å². The molecule has 0 fully saturated rings. The molecule has 0 unspecified atom stereocenters. The molecule has 34 heavy (non-hydrogen) atoms. The Morgan fingerprint density at radius 2 is 1.74 bits per heavy atom. The van der Waals surface area contributed by atoms with Gasteiger partial charge in [0.25, 0.3) is 0 Å². The minimum Gasteiger partial charge on any atom is -0.454 e. The first kappa shape index (κ1) is 23.2. The number of halogens is 1. The van der Waals surface area contributed by atoms with E-state index in [-0.39, 0.29) is 23.8 Å². The first-order chi connectivity index (χ1) is 16.3. The first-order valence-corrected chi connectivity index (χ1v) is 11.0. The number of ketones is 1. The lowest BCUT2D eigenvalue weighted by atomic mass is 10.1. The smallest absolute Gasteiger partial charge is 0.344 e. The van der Waals surface area contributed by atoms with Gasteiger partial charge in [0.05, 0.1) is 0 Å². The lowest BCUT2D eigenvalue weighted by Crippen LogP contribution is -2.16. The molecule has 0 aliphatic carbocycles. The zero-order valence-corrected chi connectivity index (χ0v) is 19.3. The van der Waals surface area contributed by atoms with E-state index in [9.17, 15) is 14.0 Å². The van der Waals surface area contributed by atoms with Crippen molar-refractivity contribution in [2.24, 2.45) is 0 Å². The molecule has 0 N–H and O–H groups in total. The van der Waals surface area contributed by atoms with Crippen LogP contribution in [-0.2, 0) is 17.7 Å². The maximum Gasteiger partial charge on any atom is 0.344 e. The van der Waals surface area contributed by atoms with Crippen LogP contribution in [0.3, 0.4) is 0 Å². The number of esters is 1. The molecule has 4 rings (SSSR count). The van der Waals surface area contributed by atoms with E-state index in [1.54, 1.807) is 25.1 Å². The van der Waals surface area contributed by atoms with Crippen LogP contribution < -0.4 is 0 Å². The molecular formula is C27H25FN2O4. The van der Waals surface area contributed by atoms with Crippen molar-refractivity contribution >= 4 is 11.8 Å². The van der Waals surface area contributed by atoms with E-state index in [2.05, 4.69) is 5.16 Å².